The molecule has 1 N–H and O–H groups in total. The van der Waals surface area contributed by atoms with Gasteiger partial charge in [0.2, 0.25) is 0 Å². The van der Waals surface area contributed by atoms with Gasteiger partial charge in [-0.2, -0.15) is 0 Å². The quantitative estimate of drug-likeness (QED) is 0.685. The average Bonchev–Trinajstić information content (AvgIpc) is 2.31. The van der Waals surface area contributed by atoms with Crippen LogP contribution in [0.15, 0.2) is 0 Å². The highest BCUT2D eigenvalue weighted by Crippen LogP contribution is 2.14. The molecule has 0 spiro atoms. The molecule has 0 aliphatic carbocycles. The first-order valence-electron chi connectivity index (χ1n) is 6.78. The van der Waals surface area contributed by atoms with Crippen LogP contribution in [-0.4, -0.2) is 51.3 Å². The number of nitrogens with zero attached hydrogens (tertiary/aromatic N) is 1. The molecule has 1 atom stereocenters. The lowest BCUT2D eigenvalue weighted by atomic mass is 9.99. The third-order valence-corrected chi connectivity index (χ3v) is 3.40. The summed E-state index contributed by atoms with van der Waals surface area (Å²) >= 11 is 0. The predicted molar refractivity (Wildman–Crippen MR) is 68.8 cm³/mol. The molecule has 0 bridgehead atoms. The van der Waals surface area contributed by atoms with Crippen LogP contribution in [-0.2, 0) is 4.74 Å². The molecule has 0 aromatic rings. The van der Waals surface area contributed by atoms with Crippen molar-refractivity contribution >= 4 is 0 Å². The SMILES string of the molecule is CCC[C@H](CCCN1CCNCC1)COC. The normalized spacial score (nSPS) is 19.9. The summed E-state index contributed by atoms with van der Waals surface area (Å²) in [6.45, 7) is 9.25. The summed E-state index contributed by atoms with van der Waals surface area (Å²) in [7, 11) is 1.82. The number of rotatable bonds is 8. The Bertz CT molecular complexity index is 152. The molecule has 0 unspecified atom stereocenters. The largest absolute Gasteiger partial charge is 0.384 e. The molecule has 3 heteroatoms. The fraction of sp³-hybridized carbons (Fsp3) is 1.00. The molecule has 3 nitrogen and oxygen atoms in total. The van der Waals surface area contributed by atoms with E-state index in [0.717, 1.165) is 25.6 Å². The van der Waals surface area contributed by atoms with E-state index >= 15 is 0 Å². The molecule has 1 rings (SSSR count). The summed E-state index contributed by atoms with van der Waals surface area (Å²) in [5.41, 5.74) is 0. The van der Waals surface area contributed by atoms with Gasteiger partial charge >= 0.3 is 0 Å². The van der Waals surface area contributed by atoms with Gasteiger partial charge in [-0.25, -0.2) is 0 Å². The van der Waals surface area contributed by atoms with Gasteiger partial charge in [0, 0.05) is 39.9 Å². The van der Waals surface area contributed by atoms with Crippen molar-refractivity contribution < 1.29 is 4.74 Å². The van der Waals surface area contributed by atoms with E-state index in [4.69, 9.17) is 4.74 Å². The summed E-state index contributed by atoms with van der Waals surface area (Å²) in [4.78, 5) is 2.58. The molecular weight excluding hydrogens is 200 g/mol. The Balaban J connectivity index is 2.06. The van der Waals surface area contributed by atoms with Crippen LogP contribution in [0.1, 0.15) is 32.6 Å². The predicted octanol–water partition coefficient (Wildman–Crippen LogP) is 1.73. The van der Waals surface area contributed by atoms with Gasteiger partial charge in [0.15, 0.2) is 0 Å². The Labute approximate surface area is 101 Å². The summed E-state index contributed by atoms with van der Waals surface area (Å²) in [5, 5.41) is 3.39. The topological polar surface area (TPSA) is 24.5 Å². The Morgan fingerprint density at radius 2 is 2.00 bits per heavy atom. The minimum Gasteiger partial charge on any atom is -0.384 e. The summed E-state index contributed by atoms with van der Waals surface area (Å²) in [6.07, 6.45) is 5.25. The number of ether oxygens (including phenoxy) is 1. The van der Waals surface area contributed by atoms with Gasteiger partial charge in [0.25, 0.3) is 0 Å². The van der Waals surface area contributed by atoms with Gasteiger partial charge in [-0.1, -0.05) is 13.3 Å². The Morgan fingerprint density at radius 3 is 2.62 bits per heavy atom. The van der Waals surface area contributed by atoms with Gasteiger partial charge in [-0.3, -0.25) is 0 Å². The lowest BCUT2D eigenvalue weighted by Gasteiger charge is -2.27. The van der Waals surface area contributed by atoms with Crippen LogP contribution < -0.4 is 5.32 Å². The smallest absolute Gasteiger partial charge is 0.0490 e. The maximum absolute atomic E-state index is 5.28. The monoisotopic (exact) mass is 228 g/mol. The van der Waals surface area contributed by atoms with Crippen LogP contribution in [0.25, 0.3) is 0 Å². The zero-order valence-corrected chi connectivity index (χ0v) is 11.0. The van der Waals surface area contributed by atoms with E-state index in [0.29, 0.717) is 0 Å². The number of nitrogens with one attached hydrogen (secondary N) is 1. The molecule has 1 saturated heterocycles. The van der Waals surface area contributed by atoms with Crippen molar-refractivity contribution in [3.8, 4) is 0 Å². The van der Waals surface area contributed by atoms with E-state index in [2.05, 4.69) is 17.1 Å². The molecule has 1 fully saturated rings. The molecule has 1 aliphatic rings. The molecule has 0 aromatic carbocycles. The number of hydrogen-bond acceptors (Lipinski definition) is 3. The van der Waals surface area contributed by atoms with Crippen molar-refractivity contribution in [1.29, 1.82) is 0 Å². The van der Waals surface area contributed by atoms with Crippen LogP contribution in [0.2, 0.25) is 0 Å². The molecule has 16 heavy (non-hydrogen) atoms. The number of hydrogen-bond donors (Lipinski definition) is 1. The molecule has 1 aliphatic heterocycles. The van der Waals surface area contributed by atoms with Crippen LogP contribution in [0.5, 0.6) is 0 Å². The minimum absolute atomic E-state index is 0.776. The van der Waals surface area contributed by atoms with E-state index in [1.807, 2.05) is 7.11 Å². The maximum atomic E-state index is 5.28. The molecular formula is C13H28N2O. The van der Waals surface area contributed by atoms with Gasteiger partial charge in [0.05, 0.1) is 0 Å². The second-order valence-electron chi connectivity index (χ2n) is 4.84. The van der Waals surface area contributed by atoms with Crippen molar-refractivity contribution in [2.75, 3.05) is 46.4 Å². The third kappa shape index (κ3) is 5.83. The molecule has 0 amide bonds. The van der Waals surface area contributed by atoms with Crippen molar-refractivity contribution in [2.24, 2.45) is 5.92 Å². The second-order valence-corrected chi connectivity index (χ2v) is 4.84. The van der Waals surface area contributed by atoms with Gasteiger partial charge < -0.3 is 15.0 Å². The Hall–Kier alpha value is -0.120. The summed E-state index contributed by atoms with van der Waals surface area (Å²) < 4.78 is 5.28. The highest BCUT2D eigenvalue weighted by molar-refractivity contribution is 4.68. The van der Waals surface area contributed by atoms with Gasteiger partial charge in [0.1, 0.15) is 0 Å². The van der Waals surface area contributed by atoms with E-state index in [-0.39, 0.29) is 0 Å². The fourth-order valence-corrected chi connectivity index (χ4v) is 2.49. The van der Waals surface area contributed by atoms with Crippen LogP contribution >= 0.6 is 0 Å². The lowest BCUT2D eigenvalue weighted by molar-refractivity contribution is 0.137. The van der Waals surface area contributed by atoms with Crippen molar-refractivity contribution in [2.45, 2.75) is 32.6 Å². The van der Waals surface area contributed by atoms with E-state index in [1.54, 1.807) is 0 Å². The van der Waals surface area contributed by atoms with Crippen molar-refractivity contribution in [1.82, 2.24) is 10.2 Å². The first kappa shape index (κ1) is 13.9. The zero-order valence-electron chi connectivity index (χ0n) is 11.0. The van der Waals surface area contributed by atoms with Gasteiger partial charge in [-0.15, -0.1) is 0 Å². The average molecular weight is 228 g/mol. The Kier molecular flexibility index (Phi) is 7.81. The first-order chi connectivity index (χ1) is 7.86. The van der Waals surface area contributed by atoms with Crippen LogP contribution in [0.4, 0.5) is 0 Å². The highest BCUT2D eigenvalue weighted by Gasteiger charge is 2.11. The number of methoxy groups -OCH3 is 1. The van der Waals surface area contributed by atoms with Crippen molar-refractivity contribution in [3.05, 3.63) is 0 Å². The maximum Gasteiger partial charge on any atom is 0.0490 e. The summed E-state index contributed by atoms with van der Waals surface area (Å²) in [6, 6.07) is 0. The fourth-order valence-electron chi connectivity index (χ4n) is 2.49. The minimum atomic E-state index is 0.776. The number of piperazine rings is 1. The Morgan fingerprint density at radius 1 is 1.25 bits per heavy atom. The molecule has 0 saturated carbocycles. The zero-order chi connectivity index (χ0) is 11.6. The van der Waals surface area contributed by atoms with Gasteiger partial charge in [-0.05, 0) is 31.7 Å². The van der Waals surface area contributed by atoms with E-state index in [9.17, 15) is 0 Å². The first-order valence-corrected chi connectivity index (χ1v) is 6.78. The molecule has 0 aromatic heterocycles. The standard InChI is InChI=1S/C13H28N2O/c1-3-5-13(12-16-2)6-4-9-15-10-7-14-8-11-15/h13-14H,3-12H2,1-2H3/t13-/m1/s1. The van der Waals surface area contributed by atoms with Crippen molar-refractivity contribution in [3.63, 3.8) is 0 Å². The molecule has 1 heterocycles. The third-order valence-electron chi connectivity index (χ3n) is 3.40. The van der Waals surface area contributed by atoms with E-state index in [1.165, 1.54) is 45.3 Å². The highest BCUT2D eigenvalue weighted by atomic mass is 16.5. The second kappa shape index (κ2) is 8.97. The lowest BCUT2D eigenvalue weighted by Crippen LogP contribution is -2.43. The molecule has 0 radical (unpaired) electrons. The molecule has 96 valence electrons. The van der Waals surface area contributed by atoms with Crippen LogP contribution in [0.3, 0.4) is 0 Å². The summed E-state index contributed by atoms with van der Waals surface area (Å²) in [5.74, 6) is 0.776. The van der Waals surface area contributed by atoms with Crippen LogP contribution in [0, 0.1) is 5.92 Å². The van der Waals surface area contributed by atoms with E-state index < -0.39 is 0 Å².